The van der Waals surface area contributed by atoms with E-state index in [0.29, 0.717) is 6.54 Å². The number of methoxy groups -OCH3 is 1. The van der Waals surface area contributed by atoms with Gasteiger partial charge in [0.2, 0.25) is 0 Å². The lowest BCUT2D eigenvalue weighted by molar-refractivity contribution is 0.207. The lowest BCUT2D eigenvalue weighted by atomic mass is 9.82. The smallest absolute Gasteiger partial charge is 0.118 e. The minimum Gasteiger partial charge on any atom is -0.497 e. The summed E-state index contributed by atoms with van der Waals surface area (Å²) in [7, 11) is 1.66. The van der Waals surface area contributed by atoms with Crippen LogP contribution in [0.5, 0.6) is 5.75 Å². The van der Waals surface area contributed by atoms with Gasteiger partial charge in [0, 0.05) is 12.5 Å². The van der Waals surface area contributed by atoms with E-state index in [9.17, 15) is 5.11 Å². The fourth-order valence-corrected chi connectivity index (χ4v) is 2.64. The van der Waals surface area contributed by atoms with E-state index in [1.807, 2.05) is 30.3 Å². The van der Waals surface area contributed by atoms with Crippen molar-refractivity contribution in [2.75, 3.05) is 20.3 Å². The highest BCUT2D eigenvalue weighted by Crippen LogP contribution is 2.29. The molecule has 3 heteroatoms. The highest BCUT2D eigenvalue weighted by Gasteiger charge is 2.22. The molecule has 0 aliphatic heterocycles. The molecule has 0 saturated carbocycles. The number of nitrogens with two attached hydrogens (primary N) is 1. The topological polar surface area (TPSA) is 55.5 Å². The lowest BCUT2D eigenvalue weighted by Gasteiger charge is -2.25. The molecule has 2 aromatic rings. The van der Waals surface area contributed by atoms with Crippen molar-refractivity contribution >= 4 is 0 Å². The summed E-state index contributed by atoms with van der Waals surface area (Å²) in [5.41, 5.74) is 8.29. The zero-order valence-electron chi connectivity index (χ0n) is 12.4. The van der Waals surface area contributed by atoms with Crippen molar-refractivity contribution in [2.45, 2.75) is 12.3 Å². The normalized spacial score (nSPS) is 13.7. The van der Waals surface area contributed by atoms with Gasteiger partial charge in [-0.15, -0.1) is 0 Å². The van der Waals surface area contributed by atoms with Crippen molar-refractivity contribution in [3.05, 3.63) is 65.7 Å². The maximum absolute atomic E-state index is 9.63. The summed E-state index contributed by atoms with van der Waals surface area (Å²) >= 11 is 0. The van der Waals surface area contributed by atoms with Gasteiger partial charge in [0.1, 0.15) is 5.75 Å². The van der Waals surface area contributed by atoms with Gasteiger partial charge >= 0.3 is 0 Å². The Hall–Kier alpha value is -1.84. The van der Waals surface area contributed by atoms with Crippen LogP contribution in [0.25, 0.3) is 0 Å². The third kappa shape index (κ3) is 4.06. The summed E-state index contributed by atoms with van der Waals surface area (Å²) in [6, 6.07) is 18.3. The molecule has 0 unspecified atom stereocenters. The molecule has 0 bridgehead atoms. The molecule has 0 fully saturated rings. The number of benzene rings is 2. The zero-order chi connectivity index (χ0) is 15.1. The largest absolute Gasteiger partial charge is 0.497 e. The Morgan fingerprint density at radius 2 is 1.71 bits per heavy atom. The maximum Gasteiger partial charge on any atom is 0.118 e. The Kier molecular flexibility index (Phi) is 5.78. The third-order valence-electron chi connectivity index (χ3n) is 3.95. The van der Waals surface area contributed by atoms with Gasteiger partial charge in [-0.1, -0.05) is 42.5 Å². The second-order valence-corrected chi connectivity index (χ2v) is 5.25. The van der Waals surface area contributed by atoms with Gasteiger partial charge < -0.3 is 15.6 Å². The Labute approximate surface area is 126 Å². The van der Waals surface area contributed by atoms with Gasteiger partial charge in [-0.2, -0.15) is 0 Å². The molecule has 2 aromatic carbocycles. The quantitative estimate of drug-likeness (QED) is 0.822. The molecule has 0 aliphatic carbocycles. The second kappa shape index (κ2) is 7.81. The molecular weight excluding hydrogens is 262 g/mol. The lowest BCUT2D eigenvalue weighted by Crippen LogP contribution is -2.26. The molecule has 3 nitrogen and oxygen atoms in total. The summed E-state index contributed by atoms with van der Waals surface area (Å²) in [6.45, 7) is 0.570. The van der Waals surface area contributed by atoms with E-state index in [-0.39, 0.29) is 18.4 Å². The minimum atomic E-state index is 0.0543. The first kappa shape index (κ1) is 15.5. The van der Waals surface area contributed by atoms with Crippen LogP contribution in [0.1, 0.15) is 17.0 Å². The SMILES string of the molecule is COc1ccc([C@@H](Cc2ccccc2)[C@@H](CN)CO)cc1. The Bertz CT molecular complexity index is 521. The number of hydrogen-bond donors (Lipinski definition) is 2. The van der Waals surface area contributed by atoms with E-state index >= 15 is 0 Å². The van der Waals surface area contributed by atoms with Crippen LogP contribution in [-0.2, 0) is 6.42 Å². The van der Waals surface area contributed by atoms with E-state index in [1.165, 1.54) is 11.1 Å². The molecule has 0 radical (unpaired) electrons. The van der Waals surface area contributed by atoms with E-state index in [4.69, 9.17) is 10.5 Å². The molecule has 0 aromatic heterocycles. The molecule has 0 amide bonds. The number of aliphatic hydroxyl groups excluding tert-OH is 1. The summed E-state index contributed by atoms with van der Waals surface area (Å²) in [4.78, 5) is 0. The molecule has 2 rings (SSSR count). The average Bonchev–Trinajstić information content (AvgIpc) is 2.56. The van der Waals surface area contributed by atoms with Crippen molar-refractivity contribution in [1.82, 2.24) is 0 Å². The van der Waals surface area contributed by atoms with Gasteiger partial charge in [-0.25, -0.2) is 0 Å². The van der Waals surface area contributed by atoms with Crippen molar-refractivity contribution in [3.8, 4) is 5.75 Å². The third-order valence-corrected chi connectivity index (χ3v) is 3.95. The van der Waals surface area contributed by atoms with Gasteiger partial charge in [0.05, 0.1) is 7.11 Å². The van der Waals surface area contributed by atoms with Crippen LogP contribution in [0.4, 0.5) is 0 Å². The first-order valence-electron chi connectivity index (χ1n) is 7.27. The molecule has 21 heavy (non-hydrogen) atoms. The Morgan fingerprint density at radius 1 is 1.05 bits per heavy atom. The molecule has 3 N–H and O–H groups in total. The standard InChI is InChI=1S/C18H23NO2/c1-21-17-9-7-15(8-10-17)18(16(12-19)13-20)11-14-5-3-2-4-6-14/h2-10,16,18,20H,11-13,19H2,1H3/t16-,18+/m0/s1. The summed E-state index contributed by atoms with van der Waals surface area (Å²) in [5.74, 6) is 1.09. The highest BCUT2D eigenvalue weighted by atomic mass is 16.5. The molecular formula is C18H23NO2. The van der Waals surface area contributed by atoms with Gasteiger partial charge in [0.15, 0.2) is 0 Å². The molecule has 112 valence electrons. The number of hydrogen-bond acceptors (Lipinski definition) is 3. The van der Waals surface area contributed by atoms with Crippen LogP contribution in [0.2, 0.25) is 0 Å². The summed E-state index contributed by atoms with van der Waals surface area (Å²) in [5, 5.41) is 9.63. The van der Waals surface area contributed by atoms with Crippen molar-refractivity contribution in [2.24, 2.45) is 11.7 Å². The van der Waals surface area contributed by atoms with Gasteiger partial charge in [-0.3, -0.25) is 0 Å². The fraction of sp³-hybridized carbons (Fsp3) is 0.333. The van der Waals surface area contributed by atoms with E-state index in [0.717, 1.165) is 12.2 Å². The van der Waals surface area contributed by atoms with Gasteiger partial charge in [0.25, 0.3) is 0 Å². The molecule has 0 aliphatic rings. The van der Waals surface area contributed by atoms with Crippen LogP contribution < -0.4 is 10.5 Å². The zero-order valence-corrected chi connectivity index (χ0v) is 12.4. The first-order chi connectivity index (χ1) is 10.3. The minimum absolute atomic E-state index is 0.0543. The van der Waals surface area contributed by atoms with Crippen molar-refractivity contribution in [1.29, 1.82) is 0 Å². The van der Waals surface area contributed by atoms with Crippen molar-refractivity contribution in [3.63, 3.8) is 0 Å². The number of rotatable bonds is 7. The number of ether oxygens (including phenoxy) is 1. The Morgan fingerprint density at radius 3 is 2.24 bits per heavy atom. The predicted molar refractivity (Wildman–Crippen MR) is 85.5 cm³/mol. The van der Waals surface area contributed by atoms with E-state index < -0.39 is 0 Å². The Balaban J connectivity index is 2.26. The van der Waals surface area contributed by atoms with Crippen LogP contribution in [0, 0.1) is 5.92 Å². The molecule has 0 saturated heterocycles. The predicted octanol–water partition coefficient (Wildman–Crippen LogP) is 2.59. The van der Waals surface area contributed by atoms with Crippen LogP contribution in [0.3, 0.4) is 0 Å². The highest BCUT2D eigenvalue weighted by molar-refractivity contribution is 5.31. The maximum atomic E-state index is 9.63. The fourth-order valence-electron chi connectivity index (χ4n) is 2.64. The van der Waals surface area contributed by atoms with Crippen LogP contribution in [0.15, 0.2) is 54.6 Å². The van der Waals surface area contributed by atoms with Crippen LogP contribution >= 0.6 is 0 Å². The van der Waals surface area contributed by atoms with Gasteiger partial charge in [-0.05, 0) is 42.1 Å². The second-order valence-electron chi connectivity index (χ2n) is 5.25. The first-order valence-corrected chi connectivity index (χ1v) is 7.27. The molecule has 0 spiro atoms. The number of aliphatic hydroxyl groups is 1. The summed E-state index contributed by atoms with van der Waals surface area (Å²) in [6.07, 6.45) is 0.871. The van der Waals surface area contributed by atoms with Crippen molar-refractivity contribution < 1.29 is 9.84 Å². The molecule has 0 heterocycles. The average molecular weight is 285 g/mol. The van der Waals surface area contributed by atoms with Crippen LogP contribution in [-0.4, -0.2) is 25.4 Å². The summed E-state index contributed by atoms with van der Waals surface area (Å²) < 4.78 is 5.21. The van der Waals surface area contributed by atoms with E-state index in [1.54, 1.807) is 7.11 Å². The monoisotopic (exact) mass is 285 g/mol. The van der Waals surface area contributed by atoms with E-state index in [2.05, 4.69) is 24.3 Å². The molecule has 2 atom stereocenters.